The molecule has 1 amide bonds. The predicted molar refractivity (Wildman–Crippen MR) is 133 cm³/mol. The molecule has 1 aliphatic rings. The monoisotopic (exact) mass is 537 g/mol. The normalized spacial score (nSPS) is 15.0. The van der Waals surface area contributed by atoms with Gasteiger partial charge in [0.15, 0.2) is 5.43 Å². The Hall–Kier alpha value is -3.42. The van der Waals surface area contributed by atoms with Crippen LogP contribution in [0.5, 0.6) is 0 Å². The van der Waals surface area contributed by atoms with Crippen molar-refractivity contribution in [1.82, 2.24) is 0 Å². The summed E-state index contributed by atoms with van der Waals surface area (Å²) in [6.45, 7) is 1.99. The van der Waals surface area contributed by atoms with Gasteiger partial charge in [-0.2, -0.15) is 0 Å². The van der Waals surface area contributed by atoms with Gasteiger partial charge >= 0.3 is 5.97 Å². The van der Waals surface area contributed by atoms with Gasteiger partial charge in [0.25, 0.3) is 5.91 Å². The molecule has 4 aromatic rings. The lowest BCUT2D eigenvalue weighted by molar-refractivity contribution is 0.0526. The number of amides is 1. The zero-order chi connectivity index (χ0) is 24.0. The maximum atomic E-state index is 13.6. The van der Waals surface area contributed by atoms with Crippen molar-refractivity contribution in [2.75, 3.05) is 11.5 Å². The smallest absolute Gasteiger partial charge is 0.338 e. The van der Waals surface area contributed by atoms with Gasteiger partial charge in [-0.05, 0) is 67.1 Å². The van der Waals surface area contributed by atoms with Crippen molar-refractivity contribution in [3.05, 3.63) is 109 Å². The van der Waals surface area contributed by atoms with Gasteiger partial charge in [0.2, 0.25) is 5.76 Å². The Kier molecular flexibility index (Phi) is 5.75. The van der Waals surface area contributed by atoms with E-state index in [1.54, 1.807) is 67.6 Å². The molecule has 0 aliphatic carbocycles. The van der Waals surface area contributed by atoms with Crippen molar-refractivity contribution < 1.29 is 18.7 Å². The molecular formula is C26H17BrClNO5. The minimum atomic E-state index is -0.755. The van der Waals surface area contributed by atoms with E-state index in [-0.39, 0.29) is 23.4 Å². The molecule has 0 saturated carbocycles. The van der Waals surface area contributed by atoms with Crippen molar-refractivity contribution >= 4 is 56.1 Å². The summed E-state index contributed by atoms with van der Waals surface area (Å²) in [5.74, 6) is -0.921. The van der Waals surface area contributed by atoms with Gasteiger partial charge < -0.3 is 9.15 Å². The summed E-state index contributed by atoms with van der Waals surface area (Å²) in [7, 11) is 0. The first-order valence-corrected chi connectivity index (χ1v) is 11.7. The predicted octanol–water partition coefficient (Wildman–Crippen LogP) is 6.14. The molecule has 1 aromatic heterocycles. The van der Waals surface area contributed by atoms with Gasteiger partial charge in [0, 0.05) is 15.2 Å². The quantitative estimate of drug-likeness (QED) is 0.292. The summed E-state index contributed by atoms with van der Waals surface area (Å²) in [6, 6.07) is 17.8. The minimum absolute atomic E-state index is 0.0146. The second-order valence-corrected chi connectivity index (χ2v) is 9.07. The van der Waals surface area contributed by atoms with Crippen molar-refractivity contribution in [3.8, 4) is 0 Å². The number of anilines is 1. The van der Waals surface area contributed by atoms with Crippen LogP contribution in [-0.4, -0.2) is 18.5 Å². The largest absolute Gasteiger partial charge is 0.462 e. The number of carbonyl (C=O) groups is 2. The van der Waals surface area contributed by atoms with Crippen LogP contribution in [0.2, 0.25) is 5.02 Å². The Morgan fingerprint density at radius 3 is 2.56 bits per heavy atom. The van der Waals surface area contributed by atoms with E-state index >= 15 is 0 Å². The minimum Gasteiger partial charge on any atom is -0.462 e. The van der Waals surface area contributed by atoms with Crippen molar-refractivity contribution in [2.24, 2.45) is 0 Å². The molecule has 0 fully saturated rings. The van der Waals surface area contributed by atoms with Gasteiger partial charge in [-0.15, -0.1) is 0 Å². The Morgan fingerprint density at radius 1 is 1.09 bits per heavy atom. The first kappa shape index (κ1) is 22.4. The third-order valence-electron chi connectivity index (χ3n) is 5.65. The van der Waals surface area contributed by atoms with E-state index in [0.29, 0.717) is 32.8 Å². The molecule has 1 unspecified atom stereocenters. The first-order valence-electron chi connectivity index (χ1n) is 10.5. The van der Waals surface area contributed by atoms with E-state index in [0.717, 1.165) is 4.47 Å². The van der Waals surface area contributed by atoms with E-state index in [2.05, 4.69) is 15.9 Å². The van der Waals surface area contributed by atoms with Crippen LogP contribution >= 0.6 is 27.5 Å². The van der Waals surface area contributed by atoms with Crippen LogP contribution < -0.4 is 10.3 Å². The van der Waals surface area contributed by atoms with Gasteiger partial charge in [-0.1, -0.05) is 39.7 Å². The van der Waals surface area contributed by atoms with Crippen molar-refractivity contribution in [1.29, 1.82) is 0 Å². The van der Waals surface area contributed by atoms with Crippen LogP contribution in [0.25, 0.3) is 11.0 Å². The SMILES string of the molecule is CCOC(=O)c1ccc(N2C(=O)c3oc4ccc(Br)cc4c(=O)c3C2c2cccc(Cl)c2)cc1. The van der Waals surface area contributed by atoms with Crippen LogP contribution in [0.1, 0.15) is 45.0 Å². The molecule has 5 rings (SSSR count). The van der Waals surface area contributed by atoms with Crippen molar-refractivity contribution in [3.63, 3.8) is 0 Å². The van der Waals surface area contributed by atoms with E-state index in [1.165, 1.54) is 4.90 Å². The fraction of sp³-hybridized carbons (Fsp3) is 0.115. The molecule has 0 bridgehead atoms. The zero-order valence-corrected chi connectivity index (χ0v) is 20.2. The molecule has 34 heavy (non-hydrogen) atoms. The molecule has 0 saturated heterocycles. The fourth-order valence-corrected chi connectivity index (χ4v) is 4.74. The molecule has 170 valence electrons. The van der Waals surface area contributed by atoms with Gasteiger partial charge in [0.1, 0.15) is 5.58 Å². The molecule has 1 atom stereocenters. The molecule has 0 radical (unpaired) electrons. The van der Waals surface area contributed by atoms with Crippen LogP contribution in [0.15, 0.2) is 80.4 Å². The summed E-state index contributed by atoms with van der Waals surface area (Å²) in [4.78, 5) is 40.8. The van der Waals surface area contributed by atoms with E-state index < -0.39 is 17.9 Å². The van der Waals surface area contributed by atoms with E-state index in [1.807, 2.05) is 6.07 Å². The lowest BCUT2D eigenvalue weighted by Gasteiger charge is -2.25. The Bertz CT molecular complexity index is 1510. The maximum Gasteiger partial charge on any atom is 0.338 e. The highest BCUT2D eigenvalue weighted by atomic mass is 79.9. The first-order chi connectivity index (χ1) is 16.4. The molecule has 8 heteroatoms. The summed E-state index contributed by atoms with van der Waals surface area (Å²) < 4.78 is 11.7. The van der Waals surface area contributed by atoms with Crippen molar-refractivity contribution in [2.45, 2.75) is 13.0 Å². The number of fused-ring (bicyclic) bond motifs is 2. The summed E-state index contributed by atoms with van der Waals surface area (Å²) in [5, 5.41) is 0.844. The molecule has 1 aliphatic heterocycles. The van der Waals surface area contributed by atoms with Gasteiger partial charge in [-0.25, -0.2) is 4.79 Å². The number of rotatable bonds is 4. The topological polar surface area (TPSA) is 76.8 Å². The number of hydrogen-bond donors (Lipinski definition) is 0. The molecule has 0 spiro atoms. The number of halogens is 2. The Balaban J connectivity index is 1.71. The maximum absolute atomic E-state index is 13.6. The average molecular weight is 539 g/mol. The summed E-state index contributed by atoms with van der Waals surface area (Å²) in [5.41, 5.74) is 1.80. The summed E-state index contributed by atoms with van der Waals surface area (Å²) in [6.07, 6.45) is 0. The number of nitrogens with zero attached hydrogens (tertiary/aromatic N) is 1. The van der Waals surface area contributed by atoms with Gasteiger partial charge in [-0.3, -0.25) is 14.5 Å². The number of benzene rings is 3. The number of hydrogen-bond acceptors (Lipinski definition) is 5. The average Bonchev–Trinajstić information content (AvgIpc) is 3.12. The highest BCUT2D eigenvalue weighted by Gasteiger charge is 2.43. The molecule has 6 nitrogen and oxygen atoms in total. The standard InChI is InChI=1S/C26H17BrClNO5/c1-2-33-26(32)14-6-9-18(10-7-14)29-22(15-4-3-5-17(28)12-15)21-23(30)19-13-16(27)8-11-20(19)34-24(21)25(29)31/h3-13,22H,2H2,1H3. The second kappa shape index (κ2) is 8.74. The van der Waals surface area contributed by atoms with E-state index in [9.17, 15) is 14.4 Å². The van der Waals surface area contributed by atoms with Gasteiger partial charge in [0.05, 0.1) is 29.2 Å². The third kappa shape index (κ3) is 3.71. The highest BCUT2D eigenvalue weighted by molar-refractivity contribution is 9.10. The second-order valence-electron chi connectivity index (χ2n) is 7.71. The number of ether oxygens (including phenoxy) is 1. The molecular weight excluding hydrogens is 522 g/mol. The van der Waals surface area contributed by atoms with Crippen LogP contribution in [-0.2, 0) is 4.74 Å². The lowest BCUT2D eigenvalue weighted by atomic mass is 9.98. The van der Waals surface area contributed by atoms with Crippen LogP contribution in [0, 0.1) is 0 Å². The number of carbonyl (C=O) groups excluding carboxylic acids is 2. The lowest BCUT2D eigenvalue weighted by Crippen LogP contribution is -2.29. The Labute approximate surface area is 207 Å². The van der Waals surface area contributed by atoms with E-state index in [4.69, 9.17) is 20.8 Å². The van der Waals surface area contributed by atoms with Crippen LogP contribution in [0.3, 0.4) is 0 Å². The molecule has 2 heterocycles. The highest BCUT2D eigenvalue weighted by Crippen LogP contribution is 2.41. The Morgan fingerprint density at radius 2 is 1.85 bits per heavy atom. The van der Waals surface area contributed by atoms with Crippen LogP contribution in [0.4, 0.5) is 5.69 Å². The fourth-order valence-electron chi connectivity index (χ4n) is 4.18. The number of esters is 1. The summed E-state index contributed by atoms with van der Waals surface area (Å²) >= 11 is 9.65. The zero-order valence-electron chi connectivity index (χ0n) is 17.9. The molecule has 3 aromatic carbocycles. The third-order valence-corrected chi connectivity index (χ3v) is 6.38. The molecule has 0 N–H and O–H groups in total.